The lowest BCUT2D eigenvalue weighted by atomic mass is 9.96. The second-order valence-corrected chi connectivity index (χ2v) is 7.70. The number of pyridine rings is 2. The van der Waals surface area contributed by atoms with Crippen molar-refractivity contribution in [2.75, 3.05) is 26.3 Å². The van der Waals surface area contributed by atoms with Gasteiger partial charge in [0, 0.05) is 48.9 Å². The van der Waals surface area contributed by atoms with Crippen LogP contribution in [-0.4, -0.2) is 51.4 Å². The summed E-state index contributed by atoms with van der Waals surface area (Å²) in [4.78, 5) is 11.7. The molecule has 0 aliphatic carbocycles. The Morgan fingerprint density at radius 2 is 1.50 bits per heavy atom. The van der Waals surface area contributed by atoms with E-state index in [1.165, 1.54) is 0 Å². The van der Waals surface area contributed by atoms with E-state index in [1.807, 2.05) is 41.3 Å². The molecule has 8 heteroatoms. The monoisotopic (exact) mass is 500 g/mol. The first-order valence-corrected chi connectivity index (χ1v) is 10.8. The molecule has 0 atom stereocenters. The Labute approximate surface area is 212 Å². The molecule has 0 amide bonds. The number of halogens is 2. The van der Waals surface area contributed by atoms with Crippen LogP contribution in [0.25, 0.3) is 33.3 Å². The van der Waals surface area contributed by atoms with Gasteiger partial charge in [-0.1, -0.05) is 54.6 Å². The summed E-state index contributed by atoms with van der Waals surface area (Å²) in [7, 11) is 0. The van der Waals surface area contributed by atoms with Gasteiger partial charge in [0.2, 0.25) is 0 Å². The second-order valence-electron chi connectivity index (χ2n) is 7.70. The van der Waals surface area contributed by atoms with Crippen LogP contribution in [0.5, 0.6) is 0 Å². The van der Waals surface area contributed by atoms with Gasteiger partial charge in [0.1, 0.15) is 0 Å². The van der Waals surface area contributed by atoms with Crippen LogP contribution in [0.2, 0.25) is 0 Å². The van der Waals surface area contributed by atoms with E-state index in [9.17, 15) is 10.2 Å². The van der Waals surface area contributed by atoms with Gasteiger partial charge >= 0.3 is 0 Å². The van der Waals surface area contributed by atoms with Gasteiger partial charge in [-0.2, -0.15) is 0 Å². The highest BCUT2D eigenvalue weighted by Crippen LogP contribution is 2.34. The number of rotatable bonds is 9. The summed E-state index contributed by atoms with van der Waals surface area (Å²) in [6, 6.07) is 22.5. The fraction of sp³-hybridized carbons (Fsp3) is 0.231. The zero-order valence-electron chi connectivity index (χ0n) is 18.8. The summed E-state index contributed by atoms with van der Waals surface area (Å²) in [5.74, 6) is 0. The van der Waals surface area contributed by atoms with E-state index in [-0.39, 0.29) is 38.0 Å². The summed E-state index contributed by atoms with van der Waals surface area (Å²) in [5.41, 5.74) is 12.6. The van der Waals surface area contributed by atoms with Crippen LogP contribution in [0.3, 0.4) is 0 Å². The van der Waals surface area contributed by atoms with Gasteiger partial charge in [-0.15, -0.1) is 24.8 Å². The standard InChI is InChI=1S/C26H28N4O2.2ClH/c27-17-19-6-8-21(9-7-19)26-22(20-4-2-1-3-5-20)16-23-24(29-26)10-11-28-25(23)18-30(12-14-31)13-15-32;;/h1-11,16,31-32H,12-15,17-18,27H2;2*1H. The summed E-state index contributed by atoms with van der Waals surface area (Å²) >= 11 is 0. The first kappa shape index (κ1) is 27.7. The highest BCUT2D eigenvalue weighted by Gasteiger charge is 2.15. The minimum atomic E-state index is 0. The van der Waals surface area contributed by atoms with E-state index in [0.717, 1.165) is 44.5 Å². The van der Waals surface area contributed by atoms with Gasteiger partial charge in [-0.25, -0.2) is 4.98 Å². The van der Waals surface area contributed by atoms with Crippen LogP contribution < -0.4 is 5.73 Å². The van der Waals surface area contributed by atoms with Gasteiger partial charge in [-0.3, -0.25) is 9.88 Å². The first-order chi connectivity index (χ1) is 15.7. The van der Waals surface area contributed by atoms with Crippen LogP contribution in [0.4, 0.5) is 0 Å². The summed E-state index contributed by atoms with van der Waals surface area (Å²) < 4.78 is 0. The predicted octanol–water partition coefficient (Wildman–Crippen LogP) is 4.05. The maximum atomic E-state index is 9.38. The molecule has 6 nitrogen and oxygen atoms in total. The molecule has 0 radical (unpaired) electrons. The van der Waals surface area contributed by atoms with Crippen molar-refractivity contribution in [1.82, 2.24) is 14.9 Å². The van der Waals surface area contributed by atoms with Crippen LogP contribution in [0, 0.1) is 0 Å². The molecule has 0 unspecified atom stereocenters. The van der Waals surface area contributed by atoms with Crippen molar-refractivity contribution in [2.24, 2.45) is 5.73 Å². The van der Waals surface area contributed by atoms with E-state index < -0.39 is 0 Å². The van der Waals surface area contributed by atoms with Gasteiger partial charge in [0.05, 0.1) is 30.1 Å². The van der Waals surface area contributed by atoms with Crippen molar-refractivity contribution in [3.05, 3.63) is 84.2 Å². The Hall–Kier alpha value is -2.58. The molecule has 34 heavy (non-hydrogen) atoms. The van der Waals surface area contributed by atoms with Gasteiger partial charge in [-0.05, 0) is 23.3 Å². The summed E-state index contributed by atoms with van der Waals surface area (Å²) in [6.45, 7) is 2.04. The molecule has 0 aliphatic heterocycles. The minimum Gasteiger partial charge on any atom is -0.395 e. The zero-order valence-corrected chi connectivity index (χ0v) is 20.4. The number of benzene rings is 2. The fourth-order valence-electron chi connectivity index (χ4n) is 3.90. The molecule has 4 N–H and O–H groups in total. The number of nitrogens with two attached hydrogens (primary N) is 1. The molecule has 0 aliphatic rings. The molecule has 0 spiro atoms. The van der Waals surface area contributed by atoms with Crippen LogP contribution in [-0.2, 0) is 13.1 Å². The Kier molecular flexibility index (Phi) is 10.9. The quantitative estimate of drug-likeness (QED) is 0.320. The van der Waals surface area contributed by atoms with E-state index in [2.05, 4.69) is 35.3 Å². The Balaban J connectivity index is 0.00000204. The highest BCUT2D eigenvalue weighted by molar-refractivity contribution is 5.92. The molecular weight excluding hydrogens is 471 g/mol. The van der Waals surface area contributed by atoms with E-state index in [0.29, 0.717) is 26.2 Å². The molecule has 2 aromatic carbocycles. The van der Waals surface area contributed by atoms with E-state index in [1.54, 1.807) is 6.20 Å². The molecule has 0 fully saturated rings. The van der Waals surface area contributed by atoms with Crippen LogP contribution in [0.1, 0.15) is 11.3 Å². The maximum absolute atomic E-state index is 9.38. The number of aliphatic hydroxyl groups is 2. The Bertz CT molecular complexity index is 1170. The smallest absolute Gasteiger partial charge is 0.0788 e. The molecule has 2 heterocycles. The molecule has 4 aromatic rings. The molecule has 0 bridgehead atoms. The Morgan fingerprint density at radius 1 is 0.824 bits per heavy atom. The third-order valence-corrected chi connectivity index (χ3v) is 5.58. The van der Waals surface area contributed by atoms with Crippen LogP contribution >= 0.6 is 24.8 Å². The summed E-state index contributed by atoms with van der Waals surface area (Å²) in [5, 5.41) is 19.7. The van der Waals surface area contributed by atoms with Gasteiger partial charge in [0.25, 0.3) is 0 Å². The molecule has 0 saturated carbocycles. The number of hydrogen-bond acceptors (Lipinski definition) is 6. The number of aromatic nitrogens is 2. The average molecular weight is 501 g/mol. The zero-order chi connectivity index (χ0) is 22.3. The normalized spacial score (nSPS) is 10.7. The van der Waals surface area contributed by atoms with Crippen molar-refractivity contribution < 1.29 is 10.2 Å². The highest BCUT2D eigenvalue weighted by atomic mass is 35.5. The molecular formula is C26H30Cl2N4O2. The van der Waals surface area contributed by atoms with Crippen molar-refractivity contribution in [2.45, 2.75) is 13.1 Å². The second kappa shape index (κ2) is 13.3. The van der Waals surface area contributed by atoms with Gasteiger partial charge in [0.15, 0.2) is 0 Å². The lowest BCUT2D eigenvalue weighted by Crippen LogP contribution is -2.29. The fourth-order valence-corrected chi connectivity index (χ4v) is 3.90. The number of fused-ring (bicyclic) bond motifs is 1. The number of aliphatic hydroxyl groups excluding tert-OH is 2. The van der Waals surface area contributed by atoms with Gasteiger partial charge < -0.3 is 15.9 Å². The van der Waals surface area contributed by atoms with Crippen molar-refractivity contribution >= 4 is 35.7 Å². The first-order valence-electron chi connectivity index (χ1n) is 10.8. The van der Waals surface area contributed by atoms with Crippen molar-refractivity contribution in [3.8, 4) is 22.4 Å². The summed E-state index contributed by atoms with van der Waals surface area (Å²) in [6.07, 6.45) is 1.77. The maximum Gasteiger partial charge on any atom is 0.0788 e. The lowest BCUT2D eigenvalue weighted by molar-refractivity contribution is 0.155. The topological polar surface area (TPSA) is 95.5 Å². The average Bonchev–Trinajstić information content (AvgIpc) is 2.84. The predicted molar refractivity (Wildman–Crippen MR) is 142 cm³/mol. The molecule has 2 aromatic heterocycles. The van der Waals surface area contributed by atoms with Crippen LogP contribution in [0.15, 0.2) is 72.9 Å². The molecule has 180 valence electrons. The van der Waals surface area contributed by atoms with E-state index >= 15 is 0 Å². The third-order valence-electron chi connectivity index (χ3n) is 5.58. The van der Waals surface area contributed by atoms with Crippen molar-refractivity contribution in [3.63, 3.8) is 0 Å². The molecule has 0 saturated heterocycles. The van der Waals surface area contributed by atoms with E-state index in [4.69, 9.17) is 10.7 Å². The molecule has 4 rings (SSSR count). The third kappa shape index (κ3) is 6.30. The minimum absolute atomic E-state index is 0. The number of nitrogens with zero attached hydrogens (tertiary/aromatic N) is 3. The SMILES string of the molecule is Cl.Cl.NCc1ccc(-c2nc3ccnc(CN(CCO)CCO)c3cc2-c2ccccc2)cc1. The largest absolute Gasteiger partial charge is 0.395 e. The lowest BCUT2D eigenvalue weighted by Gasteiger charge is -2.21. The van der Waals surface area contributed by atoms with Crippen molar-refractivity contribution in [1.29, 1.82) is 0 Å². The number of hydrogen-bond donors (Lipinski definition) is 3. The Morgan fingerprint density at radius 3 is 2.12 bits per heavy atom.